The summed E-state index contributed by atoms with van der Waals surface area (Å²) in [7, 11) is 3.53. The third-order valence-electron chi connectivity index (χ3n) is 4.28. The van der Waals surface area contributed by atoms with E-state index < -0.39 is 0 Å². The first-order chi connectivity index (χ1) is 12.9. The fourth-order valence-electron chi connectivity index (χ4n) is 2.67. The van der Waals surface area contributed by atoms with Gasteiger partial charge in [0.05, 0.1) is 0 Å². The van der Waals surface area contributed by atoms with Crippen LogP contribution in [0.1, 0.15) is 51.4 Å². The molecule has 6 heteroatoms. The Morgan fingerprint density at radius 1 is 0.385 bits per heavy atom. The second kappa shape index (κ2) is 24.8. The van der Waals surface area contributed by atoms with E-state index in [1.54, 1.807) is 14.2 Å². The molecule has 0 rings (SSSR count). The van der Waals surface area contributed by atoms with Gasteiger partial charge in [-0.2, -0.15) is 0 Å². The van der Waals surface area contributed by atoms with Crippen molar-refractivity contribution < 1.29 is 9.47 Å². The first-order valence-electron chi connectivity index (χ1n) is 10.7. The Balaban J connectivity index is 2.95. The van der Waals surface area contributed by atoms with Gasteiger partial charge in [0, 0.05) is 27.4 Å². The molecule has 0 saturated carbocycles. The normalized spacial score (nSPS) is 11.3. The van der Waals surface area contributed by atoms with Crippen molar-refractivity contribution in [2.24, 2.45) is 0 Å². The Hall–Kier alpha value is -0.240. The van der Waals surface area contributed by atoms with Crippen LogP contribution in [0.2, 0.25) is 0 Å². The van der Waals surface area contributed by atoms with Crippen LogP contribution in [0.25, 0.3) is 0 Å². The predicted molar refractivity (Wildman–Crippen MR) is 112 cm³/mol. The summed E-state index contributed by atoms with van der Waals surface area (Å²) in [5, 5.41) is 14.0. The van der Waals surface area contributed by atoms with Crippen LogP contribution in [0.3, 0.4) is 0 Å². The third kappa shape index (κ3) is 23.8. The van der Waals surface area contributed by atoms with Gasteiger partial charge < -0.3 is 30.7 Å². The van der Waals surface area contributed by atoms with Crippen LogP contribution < -0.4 is 21.3 Å². The highest BCUT2D eigenvalue weighted by Crippen LogP contribution is 1.89. The zero-order valence-corrected chi connectivity index (χ0v) is 17.5. The number of hydrogen-bond donors (Lipinski definition) is 4. The van der Waals surface area contributed by atoms with E-state index in [1.807, 2.05) is 0 Å². The van der Waals surface area contributed by atoms with Crippen molar-refractivity contribution >= 4 is 0 Å². The molecule has 0 bridgehead atoms. The van der Waals surface area contributed by atoms with Crippen molar-refractivity contribution in [2.75, 3.05) is 79.8 Å². The van der Waals surface area contributed by atoms with Gasteiger partial charge in [0.25, 0.3) is 0 Å². The molecule has 0 radical (unpaired) electrons. The highest BCUT2D eigenvalue weighted by atomic mass is 16.5. The fraction of sp³-hybridized carbons (Fsp3) is 1.00. The number of hydrogen-bond acceptors (Lipinski definition) is 6. The van der Waals surface area contributed by atoms with Crippen LogP contribution in [0, 0.1) is 0 Å². The van der Waals surface area contributed by atoms with Crippen LogP contribution in [-0.4, -0.2) is 79.8 Å². The van der Waals surface area contributed by atoms with Gasteiger partial charge in [0.15, 0.2) is 0 Å². The molecule has 0 saturated heterocycles. The van der Waals surface area contributed by atoms with Gasteiger partial charge >= 0.3 is 0 Å². The summed E-state index contributed by atoms with van der Waals surface area (Å²) in [6, 6.07) is 0. The molecular weight excluding hydrogens is 328 g/mol. The van der Waals surface area contributed by atoms with E-state index in [1.165, 1.54) is 38.5 Å². The summed E-state index contributed by atoms with van der Waals surface area (Å²) >= 11 is 0. The van der Waals surface area contributed by atoms with Crippen molar-refractivity contribution in [3.8, 4) is 0 Å². The zero-order chi connectivity index (χ0) is 19.0. The standard InChI is InChI=1S/C20H46N4O2/c1-25-19-7-5-13-23-17-9-15-21-11-3-4-12-22-16-10-18-24-14-6-8-20-26-2/h21-24H,3-20H2,1-2H3. The lowest BCUT2D eigenvalue weighted by Gasteiger charge is -2.08. The lowest BCUT2D eigenvalue weighted by molar-refractivity contribution is 0.192. The van der Waals surface area contributed by atoms with Gasteiger partial charge in [-0.25, -0.2) is 0 Å². The molecule has 0 aliphatic heterocycles. The van der Waals surface area contributed by atoms with Crippen molar-refractivity contribution in [3.63, 3.8) is 0 Å². The van der Waals surface area contributed by atoms with Gasteiger partial charge in [0.2, 0.25) is 0 Å². The molecule has 0 aliphatic carbocycles. The van der Waals surface area contributed by atoms with E-state index in [-0.39, 0.29) is 0 Å². The SMILES string of the molecule is COCCCCNCCCNCCCCNCCCNCCCCOC. The number of methoxy groups -OCH3 is 2. The maximum Gasteiger partial charge on any atom is 0.0462 e. The molecule has 4 N–H and O–H groups in total. The van der Waals surface area contributed by atoms with Crippen LogP contribution >= 0.6 is 0 Å². The molecular formula is C20H46N4O2. The minimum Gasteiger partial charge on any atom is -0.385 e. The first-order valence-corrected chi connectivity index (χ1v) is 10.7. The van der Waals surface area contributed by atoms with Gasteiger partial charge in [-0.05, 0) is 104 Å². The van der Waals surface area contributed by atoms with Gasteiger partial charge in [-0.3, -0.25) is 0 Å². The van der Waals surface area contributed by atoms with Crippen LogP contribution in [0.5, 0.6) is 0 Å². The number of nitrogens with one attached hydrogen (secondary N) is 4. The Bertz CT molecular complexity index is 222. The maximum absolute atomic E-state index is 5.04. The molecule has 0 spiro atoms. The molecule has 0 amide bonds. The summed E-state index contributed by atoms with van der Waals surface area (Å²) in [6.07, 6.45) is 9.66. The Morgan fingerprint density at radius 2 is 0.654 bits per heavy atom. The van der Waals surface area contributed by atoms with E-state index in [0.29, 0.717) is 0 Å². The molecule has 0 aromatic heterocycles. The number of ether oxygens (including phenoxy) is 2. The van der Waals surface area contributed by atoms with Crippen molar-refractivity contribution in [1.29, 1.82) is 0 Å². The summed E-state index contributed by atoms with van der Waals surface area (Å²) in [5.74, 6) is 0. The Morgan fingerprint density at radius 3 is 0.962 bits per heavy atom. The van der Waals surface area contributed by atoms with Crippen LogP contribution in [0.4, 0.5) is 0 Å². The molecule has 0 aliphatic rings. The minimum atomic E-state index is 0.879. The van der Waals surface area contributed by atoms with E-state index in [4.69, 9.17) is 9.47 Å². The average molecular weight is 375 g/mol. The van der Waals surface area contributed by atoms with E-state index in [0.717, 1.165) is 78.4 Å². The van der Waals surface area contributed by atoms with Gasteiger partial charge in [-0.1, -0.05) is 0 Å². The molecule has 0 unspecified atom stereocenters. The molecule has 0 aromatic rings. The Kier molecular flexibility index (Phi) is 24.5. The highest BCUT2D eigenvalue weighted by molar-refractivity contribution is 4.56. The maximum atomic E-state index is 5.04. The van der Waals surface area contributed by atoms with Gasteiger partial charge in [-0.15, -0.1) is 0 Å². The molecule has 0 aromatic carbocycles. The second-order valence-electron chi connectivity index (χ2n) is 6.81. The molecule has 0 heterocycles. The van der Waals surface area contributed by atoms with Gasteiger partial charge in [0.1, 0.15) is 0 Å². The number of rotatable bonds is 23. The topological polar surface area (TPSA) is 66.6 Å². The highest BCUT2D eigenvalue weighted by Gasteiger charge is 1.93. The monoisotopic (exact) mass is 374 g/mol. The zero-order valence-electron chi connectivity index (χ0n) is 17.5. The number of unbranched alkanes of at least 4 members (excludes halogenated alkanes) is 3. The summed E-state index contributed by atoms with van der Waals surface area (Å²) < 4.78 is 10.1. The first kappa shape index (κ1) is 25.8. The molecule has 6 nitrogen and oxygen atoms in total. The molecule has 0 fully saturated rings. The molecule has 0 atom stereocenters. The van der Waals surface area contributed by atoms with E-state index >= 15 is 0 Å². The largest absolute Gasteiger partial charge is 0.385 e. The fourth-order valence-corrected chi connectivity index (χ4v) is 2.67. The molecule has 158 valence electrons. The van der Waals surface area contributed by atoms with Crippen LogP contribution in [0.15, 0.2) is 0 Å². The summed E-state index contributed by atoms with van der Waals surface area (Å²) in [5.41, 5.74) is 0. The smallest absolute Gasteiger partial charge is 0.0462 e. The predicted octanol–water partition coefficient (Wildman–Crippen LogP) is 1.76. The third-order valence-corrected chi connectivity index (χ3v) is 4.28. The van der Waals surface area contributed by atoms with E-state index in [2.05, 4.69) is 21.3 Å². The van der Waals surface area contributed by atoms with Crippen LogP contribution in [-0.2, 0) is 9.47 Å². The lowest BCUT2D eigenvalue weighted by atomic mass is 10.3. The second-order valence-corrected chi connectivity index (χ2v) is 6.81. The van der Waals surface area contributed by atoms with Crippen molar-refractivity contribution in [1.82, 2.24) is 21.3 Å². The van der Waals surface area contributed by atoms with Crippen molar-refractivity contribution in [2.45, 2.75) is 51.4 Å². The summed E-state index contributed by atoms with van der Waals surface area (Å²) in [4.78, 5) is 0. The quantitative estimate of drug-likeness (QED) is 0.204. The molecule has 26 heavy (non-hydrogen) atoms. The average Bonchev–Trinajstić information content (AvgIpc) is 2.66. The minimum absolute atomic E-state index is 0.879. The van der Waals surface area contributed by atoms with E-state index in [9.17, 15) is 0 Å². The lowest BCUT2D eigenvalue weighted by Crippen LogP contribution is -2.25. The van der Waals surface area contributed by atoms with Crippen molar-refractivity contribution in [3.05, 3.63) is 0 Å². The Labute approximate surface area is 162 Å². The summed E-state index contributed by atoms with van der Waals surface area (Å²) in [6.45, 7) is 10.7.